The van der Waals surface area contributed by atoms with Gasteiger partial charge < -0.3 is 19.5 Å². The van der Waals surface area contributed by atoms with Crippen LogP contribution in [0.15, 0.2) is 53.7 Å². The quantitative estimate of drug-likeness (QED) is 0.448. The van der Waals surface area contributed by atoms with Crippen LogP contribution in [0.4, 0.5) is 0 Å². The molecule has 9 heteroatoms. The first kappa shape index (κ1) is 24.4. The fraction of sp³-hybridized carbons (Fsp3) is 0.379. The van der Waals surface area contributed by atoms with Gasteiger partial charge in [0.05, 0.1) is 47.4 Å². The second kappa shape index (κ2) is 9.72. The van der Waals surface area contributed by atoms with Crippen molar-refractivity contribution in [2.75, 3.05) is 32.8 Å². The molecule has 0 atom stereocenters. The van der Waals surface area contributed by atoms with Crippen LogP contribution < -0.4 is 5.56 Å². The van der Waals surface area contributed by atoms with E-state index in [9.17, 15) is 9.59 Å². The van der Waals surface area contributed by atoms with Gasteiger partial charge in [0.1, 0.15) is 0 Å². The number of aryl methyl sites for hydroxylation is 2. The Morgan fingerprint density at radius 1 is 1.16 bits per heavy atom. The number of pyridine rings is 2. The Morgan fingerprint density at radius 3 is 2.74 bits per heavy atom. The maximum atomic E-state index is 13.8. The molecule has 3 aromatic heterocycles. The van der Waals surface area contributed by atoms with Crippen LogP contribution in [0, 0.1) is 13.8 Å². The molecular formula is C29H32N6O3. The lowest BCUT2D eigenvalue weighted by Crippen LogP contribution is -2.46. The predicted molar refractivity (Wildman–Crippen MR) is 146 cm³/mol. The third-order valence-corrected chi connectivity index (χ3v) is 7.88. The van der Waals surface area contributed by atoms with E-state index in [1.807, 2.05) is 40.9 Å². The van der Waals surface area contributed by atoms with E-state index in [1.165, 1.54) is 0 Å². The first-order valence-electron chi connectivity index (χ1n) is 13.1. The zero-order valence-corrected chi connectivity index (χ0v) is 21.9. The number of aromatic nitrogens is 4. The molecule has 2 aliphatic rings. The van der Waals surface area contributed by atoms with Crippen LogP contribution >= 0.6 is 0 Å². The van der Waals surface area contributed by atoms with Gasteiger partial charge in [-0.1, -0.05) is 12.6 Å². The highest BCUT2D eigenvalue weighted by atomic mass is 16.5. The van der Waals surface area contributed by atoms with Gasteiger partial charge in [0.25, 0.3) is 11.5 Å². The predicted octanol–water partition coefficient (Wildman–Crippen LogP) is 3.71. The number of hydrogen-bond acceptors (Lipinski definition) is 6. The lowest BCUT2D eigenvalue weighted by atomic mass is 10.0. The Morgan fingerprint density at radius 2 is 1.97 bits per heavy atom. The van der Waals surface area contributed by atoms with Crippen molar-refractivity contribution in [1.29, 1.82) is 0 Å². The molecule has 0 bridgehead atoms. The Bertz CT molecular complexity index is 1610. The third kappa shape index (κ3) is 4.26. The van der Waals surface area contributed by atoms with Crippen molar-refractivity contribution < 1.29 is 9.53 Å². The molecule has 0 saturated carbocycles. The molecule has 2 fully saturated rings. The first-order valence-corrected chi connectivity index (χ1v) is 13.1. The number of benzene rings is 1. The summed E-state index contributed by atoms with van der Waals surface area (Å²) in [5.74, 6) is -0.0318. The fourth-order valence-corrected chi connectivity index (χ4v) is 5.63. The molecule has 6 rings (SSSR count). The summed E-state index contributed by atoms with van der Waals surface area (Å²) in [6, 6.07) is 7.99. The van der Waals surface area contributed by atoms with Crippen molar-refractivity contribution in [3.63, 3.8) is 0 Å². The van der Waals surface area contributed by atoms with E-state index in [0.29, 0.717) is 55.9 Å². The summed E-state index contributed by atoms with van der Waals surface area (Å²) >= 11 is 0. The highest BCUT2D eigenvalue weighted by molar-refractivity contribution is 6.07. The van der Waals surface area contributed by atoms with Gasteiger partial charge in [-0.15, -0.1) is 0 Å². The molecule has 0 unspecified atom stereocenters. The molecule has 1 N–H and O–H groups in total. The van der Waals surface area contributed by atoms with Gasteiger partial charge in [0, 0.05) is 49.1 Å². The molecular weight excluding hydrogens is 480 g/mol. The second-order valence-electron chi connectivity index (χ2n) is 10.3. The van der Waals surface area contributed by atoms with Gasteiger partial charge in [-0.25, -0.2) is 0 Å². The molecule has 1 aromatic carbocycles. The van der Waals surface area contributed by atoms with Crippen molar-refractivity contribution in [1.82, 2.24) is 29.5 Å². The van der Waals surface area contributed by atoms with Crippen LogP contribution in [0.25, 0.3) is 21.8 Å². The average molecular weight is 513 g/mol. The van der Waals surface area contributed by atoms with E-state index < -0.39 is 0 Å². The highest BCUT2D eigenvalue weighted by Crippen LogP contribution is 2.30. The van der Waals surface area contributed by atoms with Crippen molar-refractivity contribution in [2.24, 2.45) is 0 Å². The third-order valence-electron chi connectivity index (χ3n) is 7.88. The number of piperazine rings is 1. The van der Waals surface area contributed by atoms with Crippen molar-refractivity contribution >= 4 is 27.7 Å². The number of rotatable bonds is 4. The van der Waals surface area contributed by atoms with E-state index in [1.54, 1.807) is 6.20 Å². The van der Waals surface area contributed by atoms with Crippen LogP contribution in [-0.4, -0.2) is 68.3 Å². The summed E-state index contributed by atoms with van der Waals surface area (Å²) in [6.45, 7) is 12.0. The number of hydrogen-bond donors (Lipinski definition) is 1. The van der Waals surface area contributed by atoms with E-state index in [2.05, 4.69) is 39.5 Å². The van der Waals surface area contributed by atoms with Crippen molar-refractivity contribution in [3.8, 4) is 0 Å². The summed E-state index contributed by atoms with van der Waals surface area (Å²) < 4.78 is 7.49. The minimum absolute atomic E-state index is 0.0318. The molecule has 0 spiro atoms. The minimum atomic E-state index is -0.167. The summed E-state index contributed by atoms with van der Waals surface area (Å²) in [4.78, 5) is 38.2. The average Bonchev–Trinajstić information content (AvgIpc) is 3.37. The SMILES string of the molecule is C=C1CN(C(=O)c2cc3c(cc2C)[nH]c(=O)c2cnn(C4CCOCC4)c23)CCN1Cc1ncccc1C. The Kier molecular flexibility index (Phi) is 6.23. The zero-order valence-electron chi connectivity index (χ0n) is 21.9. The monoisotopic (exact) mass is 512 g/mol. The van der Waals surface area contributed by atoms with Crippen LogP contribution in [0.2, 0.25) is 0 Å². The fourth-order valence-electron chi connectivity index (χ4n) is 5.63. The number of amides is 1. The molecule has 2 aliphatic heterocycles. The van der Waals surface area contributed by atoms with Crippen molar-refractivity contribution in [3.05, 3.63) is 81.7 Å². The Hall–Kier alpha value is -3.98. The summed E-state index contributed by atoms with van der Waals surface area (Å²) in [5, 5.41) is 5.97. The molecule has 0 radical (unpaired) electrons. The number of ether oxygens (including phenoxy) is 1. The molecule has 4 aromatic rings. The standard InChI is InChI=1S/C29H32N6O3/c1-18-5-4-8-30-26(18)17-33-9-10-34(16-20(33)3)29(37)22-14-23-25(13-19(22)2)32-28(36)24-15-31-35(27(23)24)21-6-11-38-12-7-21/h4-5,8,13-15,21H,3,6-7,9-12,16-17H2,1-2H3,(H,32,36). The number of nitrogens with one attached hydrogen (secondary N) is 1. The van der Waals surface area contributed by atoms with Crippen LogP contribution in [-0.2, 0) is 11.3 Å². The largest absolute Gasteiger partial charge is 0.381 e. The minimum Gasteiger partial charge on any atom is -0.381 e. The maximum Gasteiger partial charge on any atom is 0.259 e. The number of nitrogens with zero attached hydrogens (tertiary/aromatic N) is 5. The smallest absolute Gasteiger partial charge is 0.259 e. The van der Waals surface area contributed by atoms with Gasteiger partial charge >= 0.3 is 0 Å². The molecule has 38 heavy (non-hydrogen) atoms. The van der Waals surface area contributed by atoms with E-state index in [4.69, 9.17) is 4.74 Å². The van der Waals surface area contributed by atoms with Gasteiger partial charge in [0.2, 0.25) is 0 Å². The van der Waals surface area contributed by atoms with Gasteiger partial charge in [-0.3, -0.25) is 19.3 Å². The number of H-pyrrole nitrogens is 1. The van der Waals surface area contributed by atoms with E-state index >= 15 is 0 Å². The van der Waals surface area contributed by atoms with Crippen LogP contribution in [0.3, 0.4) is 0 Å². The second-order valence-corrected chi connectivity index (χ2v) is 10.3. The Labute approximate surface area is 220 Å². The number of aromatic amines is 1. The van der Waals surface area contributed by atoms with Gasteiger partial charge in [-0.05, 0) is 56.0 Å². The number of fused-ring (bicyclic) bond motifs is 3. The molecule has 2 saturated heterocycles. The lowest BCUT2D eigenvalue weighted by Gasteiger charge is -2.38. The summed E-state index contributed by atoms with van der Waals surface area (Å²) in [6.07, 6.45) is 5.13. The van der Waals surface area contributed by atoms with Crippen molar-refractivity contribution in [2.45, 2.75) is 39.3 Å². The molecule has 9 nitrogen and oxygen atoms in total. The molecule has 5 heterocycles. The van der Waals surface area contributed by atoms with Crippen LogP contribution in [0.1, 0.15) is 46.1 Å². The van der Waals surface area contributed by atoms with E-state index in [-0.39, 0.29) is 17.5 Å². The summed E-state index contributed by atoms with van der Waals surface area (Å²) in [5.41, 5.74) is 5.86. The zero-order chi connectivity index (χ0) is 26.4. The number of carbonyl (C=O) groups is 1. The van der Waals surface area contributed by atoms with Crippen LogP contribution in [0.5, 0.6) is 0 Å². The Balaban J connectivity index is 1.31. The lowest BCUT2D eigenvalue weighted by molar-refractivity contribution is 0.0675. The molecule has 1 amide bonds. The normalized spacial score (nSPS) is 17.1. The van der Waals surface area contributed by atoms with E-state index in [0.717, 1.165) is 46.3 Å². The molecule has 0 aliphatic carbocycles. The first-order chi connectivity index (χ1) is 18.4. The van der Waals surface area contributed by atoms with Gasteiger partial charge in [-0.2, -0.15) is 5.10 Å². The number of carbonyl (C=O) groups excluding carboxylic acids is 1. The van der Waals surface area contributed by atoms with Gasteiger partial charge in [0.15, 0.2) is 0 Å². The maximum absolute atomic E-state index is 13.8. The molecule has 196 valence electrons. The summed E-state index contributed by atoms with van der Waals surface area (Å²) in [7, 11) is 0. The topological polar surface area (TPSA) is 96.4 Å². The highest BCUT2D eigenvalue weighted by Gasteiger charge is 2.27.